The van der Waals surface area contributed by atoms with E-state index in [9.17, 15) is 17.6 Å². The van der Waals surface area contributed by atoms with Crippen LogP contribution in [-0.4, -0.2) is 11.4 Å². The molecule has 0 radical (unpaired) electrons. The van der Waals surface area contributed by atoms with E-state index in [0.717, 1.165) is 23.5 Å². The molecule has 0 unspecified atom stereocenters. The molecule has 0 aliphatic carbocycles. The van der Waals surface area contributed by atoms with E-state index in [-0.39, 0.29) is 0 Å². The number of hydrogen-bond acceptors (Lipinski definition) is 2. The van der Waals surface area contributed by atoms with Crippen molar-refractivity contribution in [1.29, 1.82) is 0 Å². The molecule has 1 rings (SSSR count). The molecule has 1 aromatic carbocycles. The van der Waals surface area contributed by atoms with Crippen LogP contribution in [0.25, 0.3) is 0 Å². The van der Waals surface area contributed by atoms with Crippen molar-refractivity contribution in [3.05, 3.63) is 24.0 Å². The van der Waals surface area contributed by atoms with Gasteiger partial charge in [0.1, 0.15) is 0 Å². The Morgan fingerprint density at radius 2 is 1.85 bits per heavy atom. The predicted molar refractivity (Wildman–Crippen MR) is 37.7 cm³/mol. The van der Waals surface area contributed by atoms with Gasteiger partial charge in [0.15, 0.2) is 11.6 Å². The van der Waals surface area contributed by atoms with E-state index in [0.29, 0.717) is 0 Å². The topological polar surface area (TPSA) is 32.3 Å². The van der Waals surface area contributed by atoms with E-state index in [4.69, 9.17) is 5.11 Å². The standard InChI is InChI=1S/C7H5F4NO/c8-6-4(12-7(9,10)11)2-1-3-5(6)13/h1-3,12-13H. The lowest BCUT2D eigenvalue weighted by Gasteiger charge is -2.10. The van der Waals surface area contributed by atoms with Crippen molar-refractivity contribution in [2.75, 3.05) is 5.32 Å². The number of aromatic hydroxyl groups is 1. The quantitative estimate of drug-likeness (QED) is 0.532. The molecule has 0 heterocycles. The Morgan fingerprint density at radius 3 is 2.38 bits per heavy atom. The number of phenols is 1. The van der Waals surface area contributed by atoms with Crippen molar-refractivity contribution < 1.29 is 22.7 Å². The second-order valence-corrected chi connectivity index (χ2v) is 2.26. The Balaban J connectivity index is 2.96. The van der Waals surface area contributed by atoms with Gasteiger partial charge in [0.2, 0.25) is 0 Å². The molecule has 0 saturated heterocycles. The molecule has 6 heteroatoms. The van der Waals surface area contributed by atoms with Crippen molar-refractivity contribution in [3.8, 4) is 5.75 Å². The normalized spacial score (nSPS) is 11.4. The van der Waals surface area contributed by atoms with Crippen LogP contribution in [0.15, 0.2) is 18.2 Å². The Labute approximate surface area is 70.8 Å². The van der Waals surface area contributed by atoms with Gasteiger partial charge in [0.25, 0.3) is 0 Å². The maximum Gasteiger partial charge on any atom is 0.482 e. The van der Waals surface area contributed by atoms with Crippen LogP contribution < -0.4 is 5.32 Å². The van der Waals surface area contributed by atoms with Crippen LogP contribution in [0.4, 0.5) is 23.2 Å². The Morgan fingerprint density at radius 1 is 1.23 bits per heavy atom. The highest BCUT2D eigenvalue weighted by atomic mass is 19.4. The van der Waals surface area contributed by atoms with Gasteiger partial charge in [-0.25, -0.2) is 4.39 Å². The summed E-state index contributed by atoms with van der Waals surface area (Å²) in [5, 5.41) is 9.67. The summed E-state index contributed by atoms with van der Waals surface area (Å²) in [6, 6.07) is 2.94. The number of alkyl halides is 3. The second-order valence-electron chi connectivity index (χ2n) is 2.26. The molecule has 2 nitrogen and oxygen atoms in total. The van der Waals surface area contributed by atoms with E-state index in [2.05, 4.69) is 0 Å². The molecule has 0 amide bonds. The van der Waals surface area contributed by atoms with Crippen LogP contribution in [0.2, 0.25) is 0 Å². The Hall–Kier alpha value is -1.46. The summed E-state index contributed by atoms with van der Waals surface area (Å²) in [5.41, 5.74) is -0.799. The van der Waals surface area contributed by atoms with Crippen molar-refractivity contribution in [3.63, 3.8) is 0 Å². The molecular weight excluding hydrogens is 190 g/mol. The molecule has 72 valence electrons. The minimum absolute atomic E-state index is 0.799. The van der Waals surface area contributed by atoms with E-state index in [1.807, 2.05) is 0 Å². The number of hydrogen-bond donors (Lipinski definition) is 2. The third kappa shape index (κ3) is 2.50. The summed E-state index contributed by atoms with van der Waals surface area (Å²) >= 11 is 0. The number of nitrogens with one attached hydrogen (secondary N) is 1. The van der Waals surface area contributed by atoms with E-state index < -0.39 is 23.6 Å². The van der Waals surface area contributed by atoms with Gasteiger partial charge in [-0.15, -0.1) is 0 Å². The number of halogens is 4. The van der Waals surface area contributed by atoms with Crippen LogP contribution >= 0.6 is 0 Å². The van der Waals surface area contributed by atoms with Gasteiger partial charge in [-0.1, -0.05) is 6.07 Å². The molecule has 0 aliphatic rings. The fourth-order valence-electron chi connectivity index (χ4n) is 0.769. The lowest BCUT2D eigenvalue weighted by atomic mass is 10.3. The molecule has 0 saturated carbocycles. The Kier molecular flexibility index (Phi) is 2.31. The zero-order chi connectivity index (χ0) is 10.1. The molecule has 13 heavy (non-hydrogen) atoms. The summed E-state index contributed by atoms with van der Waals surface area (Å²) in [5.74, 6) is -2.14. The van der Waals surface area contributed by atoms with E-state index in [1.165, 1.54) is 0 Å². The highest BCUT2D eigenvalue weighted by Crippen LogP contribution is 2.27. The third-order valence-electron chi connectivity index (χ3n) is 1.25. The first-order valence-corrected chi connectivity index (χ1v) is 3.22. The van der Waals surface area contributed by atoms with Gasteiger partial charge in [-0.2, -0.15) is 13.2 Å². The third-order valence-corrected chi connectivity index (χ3v) is 1.25. The summed E-state index contributed by atoms with van der Waals surface area (Å²) in [7, 11) is 0. The SMILES string of the molecule is Oc1cccc(NC(F)(F)F)c1F. The van der Waals surface area contributed by atoms with Crippen molar-refractivity contribution in [2.45, 2.75) is 6.30 Å². The lowest BCUT2D eigenvalue weighted by Crippen LogP contribution is -2.21. The zero-order valence-corrected chi connectivity index (χ0v) is 6.19. The van der Waals surface area contributed by atoms with Crippen LogP contribution in [0, 0.1) is 5.82 Å². The number of benzene rings is 1. The molecule has 1 aromatic rings. The van der Waals surface area contributed by atoms with Crippen LogP contribution in [0.5, 0.6) is 5.75 Å². The highest BCUT2D eigenvalue weighted by molar-refractivity contribution is 5.50. The molecule has 0 aliphatic heterocycles. The van der Waals surface area contributed by atoms with Gasteiger partial charge in [-0.05, 0) is 12.1 Å². The maximum atomic E-state index is 12.7. The van der Waals surface area contributed by atoms with Crippen molar-refractivity contribution in [2.24, 2.45) is 0 Å². The van der Waals surface area contributed by atoms with Gasteiger partial charge >= 0.3 is 6.30 Å². The zero-order valence-electron chi connectivity index (χ0n) is 6.19. The maximum absolute atomic E-state index is 12.7. The summed E-state index contributed by atoms with van der Waals surface area (Å²) in [6.45, 7) is 0. The first-order chi connectivity index (χ1) is 5.90. The minimum atomic E-state index is -4.71. The largest absolute Gasteiger partial charge is 0.505 e. The van der Waals surface area contributed by atoms with Gasteiger partial charge in [0, 0.05) is 0 Å². The first-order valence-electron chi connectivity index (χ1n) is 3.22. The molecule has 0 spiro atoms. The molecule has 2 N–H and O–H groups in total. The van der Waals surface area contributed by atoms with Crippen molar-refractivity contribution in [1.82, 2.24) is 0 Å². The average molecular weight is 195 g/mol. The highest BCUT2D eigenvalue weighted by Gasteiger charge is 2.28. The minimum Gasteiger partial charge on any atom is -0.505 e. The predicted octanol–water partition coefficient (Wildman–Crippen LogP) is 2.46. The van der Waals surface area contributed by atoms with Gasteiger partial charge in [-0.3, -0.25) is 5.32 Å². The average Bonchev–Trinajstić information content (AvgIpc) is 1.96. The lowest BCUT2D eigenvalue weighted by molar-refractivity contribution is -0.100. The molecule has 0 bridgehead atoms. The van der Waals surface area contributed by atoms with Crippen molar-refractivity contribution >= 4 is 5.69 Å². The summed E-state index contributed by atoms with van der Waals surface area (Å²) in [4.78, 5) is 0. The molecule has 0 fully saturated rings. The van der Waals surface area contributed by atoms with Crippen LogP contribution in [0.1, 0.15) is 0 Å². The smallest absolute Gasteiger partial charge is 0.482 e. The van der Waals surface area contributed by atoms with Gasteiger partial charge < -0.3 is 5.11 Å². The number of anilines is 1. The molecule has 0 aromatic heterocycles. The van der Waals surface area contributed by atoms with E-state index >= 15 is 0 Å². The van der Waals surface area contributed by atoms with Gasteiger partial charge in [0.05, 0.1) is 5.69 Å². The monoisotopic (exact) mass is 195 g/mol. The first kappa shape index (κ1) is 9.63. The van der Waals surface area contributed by atoms with E-state index in [1.54, 1.807) is 0 Å². The molecule has 0 atom stereocenters. The molecular formula is C7H5F4NO. The Bertz CT molecular complexity index is 310. The van der Waals surface area contributed by atoms with Crippen LogP contribution in [-0.2, 0) is 0 Å². The second kappa shape index (κ2) is 3.12. The number of phenolic OH excluding ortho intramolecular Hbond substituents is 1. The fourth-order valence-corrected chi connectivity index (χ4v) is 0.769. The van der Waals surface area contributed by atoms with Crippen LogP contribution in [0.3, 0.4) is 0 Å². The summed E-state index contributed by atoms with van der Waals surface area (Å²) < 4.78 is 47.8. The number of rotatable bonds is 1. The fraction of sp³-hybridized carbons (Fsp3) is 0.143. The summed E-state index contributed by atoms with van der Waals surface area (Å²) in [6.07, 6.45) is -4.71.